The number of halogens is 1. The molecule has 0 saturated carbocycles. The number of piperazine rings is 1. The van der Waals surface area contributed by atoms with Crippen molar-refractivity contribution in [1.29, 1.82) is 0 Å². The highest BCUT2D eigenvalue weighted by Gasteiger charge is 2.15. The Morgan fingerprint density at radius 2 is 1.84 bits per heavy atom. The molecule has 9 heteroatoms. The van der Waals surface area contributed by atoms with Crippen LogP contribution in [0.3, 0.4) is 0 Å². The second-order valence-electron chi connectivity index (χ2n) is 7.84. The molecule has 3 heterocycles. The van der Waals surface area contributed by atoms with Crippen LogP contribution < -0.4 is 25.0 Å². The summed E-state index contributed by atoms with van der Waals surface area (Å²) in [5.41, 5.74) is 2.05. The summed E-state index contributed by atoms with van der Waals surface area (Å²) in [4.78, 5) is 14.0. The molecule has 0 spiro atoms. The molecular weight excluding hydrogens is 519 g/mol. The van der Waals surface area contributed by atoms with E-state index in [0.717, 1.165) is 73.7 Å². The van der Waals surface area contributed by atoms with Gasteiger partial charge < -0.3 is 29.9 Å². The molecular formula is C23H33IN6O2. The zero-order valence-corrected chi connectivity index (χ0v) is 21.2. The number of rotatable bonds is 5. The number of hydrogen-bond donors (Lipinski definition) is 2. The summed E-state index contributed by atoms with van der Waals surface area (Å²) in [7, 11) is 2.16. The van der Waals surface area contributed by atoms with E-state index in [1.807, 2.05) is 30.5 Å². The van der Waals surface area contributed by atoms with Crippen molar-refractivity contribution in [2.24, 2.45) is 4.99 Å². The number of anilines is 2. The number of hydrogen-bond acceptors (Lipinski definition) is 6. The van der Waals surface area contributed by atoms with Gasteiger partial charge >= 0.3 is 0 Å². The van der Waals surface area contributed by atoms with E-state index in [4.69, 9.17) is 14.5 Å². The summed E-state index contributed by atoms with van der Waals surface area (Å²) < 4.78 is 11.5. The summed E-state index contributed by atoms with van der Waals surface area (Å²) in [6, 6.07) is 10.1. The molecule has 2 aliphatic rings. The summed E-state index contributed by atoms with van der Waals surface area (Å²) in [5.74, 6) is 3.32. The molecule has 0 aliphatic carbocycles. The van der Waals surface area contributed by atoms with E-state index in [-0.39, 0.29) is 24.0 Å². The highest BCUT2D eigenvalue weighted by atomic mass is 127. The van der Waals surface area contributed by atoms with Crippen LogP contribution in [0.15, 0.2) is 41.5 Å². The van der Waals surface area contributed by atoms with Gasteiger partial charge in [0, 0.05) is 57.1 Å². The average molecular weight is 552 g/mol. The van der Waals surface area contributed by atoms with Crippen LogP contribution in [0.25, 0.3) is 0 Å². The number of aliphatic imine (C=N–C) groups is 1. The van der Waals surface area contributed by atoms with Crippen LogP contribution in [-0.4, -0.2) is 68.8 Å². The zero-order valence-electron chi connectivity index (χ0n) is 18.8. The van der Waals surface area contributed by atoms with Crippen molar-refractivity contribution in [2.75, 3.05) is 63.2 Å². The Morgan fingerprint density at radius 1 is 1.06 bits per heavy atom. The van der Waals surface area contributed by atoms with E-state index in [2.05, 4.69) is 45.5 Å². The average Bonchev–Trinajstić information content (AvgIpc) is 3.03. The molecule has 1 saturated heterocycles. The van der Waals surface area contributed by atoms with Crippen molar-refractivity contribution in [2.45, 2.75) is 19.9 Å². The molecule has 2 aromatic rings. The molecule has 1 aromatic heterocycles. The monoisotopic (exact) mass is 552 g/mol. The minimum Gasteiger partial charge on any atom is -0.490 e. The van der Waals surface area contributed by atoms with Gasteiger partial charge in [0.2, 0.25) is 0 Å². The predicted molar refractivity (Wildman–Crippen MR) is 140 cm³/mol. The number of pyridine rings is 1. The topological polar surface area (TPSA) is 74.3 Å². The Kier molecular flexibility index (Phi) is 9.22. The summed E-state index contributed by atoms with van der Waals surface area (Å²) in [6.45, 7) is 8.90. The molecule has 174 valence electrons. The lowest BCUT2D eigenvalue weighted by molar-refractivity contribution is 0.297. The highest BCUT2D eigenvalue weighted by molar-refractivity contribution is 14.0. The second-order valence-corrected chi connectivity index (χ2v) is 7.84. The van der Waals surface area contributed by atoms with Gasteiger partial charge in [-0.25, -0.2) is 9.98 Å². The third-order valence-corrected chi connectivity index (χ3v) is 5.41. The number of guanidine groups is 1. The van der Waals surface area contributed by atoms with E-state index in [0.29, 0.717) is 19.8 Å². The van der Waals surface area contributed by atoms with Crippen molar-refractivity contribution >= 4 is 41.4 Å². The van der Waals surface area contributed by atoms with Gasteiger partial charge in [0.05, 0.1) is 19.8 Å². The van der Waals surface area contributed by atoms with Crippen molar-refractivity contribution in [1.82, 2.24) is 15.2 Å². The lowest BCUT2D eigenvalue weighted by Gasteiger charge is -2.33. The lowest BCUT2D eigenvalue weighted by atomic mass is 10.2. The quantitative estimate of drug-likeness (QED) is 0.336. The van der Waals surface area contributed by atoms with Gasteiger partial charge in [0.15, 0.2) is 17.5 Å². The molecule has 0 atom stereocenters. The van der Waals surface area contributed by atoms with Gasteiger partial charge in [0.1, 0.15) is 5.82 Å². The van der Waals surface area contributed by atoms with Crippen LogP contribution in [-0.2, 0) is 6.54 Å². The number of ether oxygens (including phenoxy) is 2. The Labute approximate surface area is 207 Å². The van der Waals surface area contributed by atoms with Gasteiger partial charge in [-0.3, -0.25) is 0 Å². The fourth-order valence-corrected chi connectivity index (χ4v) is 3.62. The molecule has 0 radical (unpaired) electrons. The number of aromatic nitrogens is 1. The number of likely N-dealkylation sites (N-methyl/N-ethyl adjacent to an activating group) is 1. The summed E-state index contributed by atoms with van der Waals surface area (Å²) in [5, 5.41) is 6.69. The van der Waals surface area contributed by atoms with E-state index in [9.17, 15) is 0 Å². The van der Waals surface area contributed by atoms with Crippen molar-refractivity contribution in [3.63, 3.8) is 0 Å². The van der Waals surface area contributed by atoms with E-state index < -0.39 is 0 Å². The summed E-state index contributed by atoms with van der Waals surface area (Å²) in [6.07, 6.45) is 2.77. The van der Waals surface area contributed by atoms with Crippen LogP contribution >= 0.6 is 24.0 Å². The second kappa shape index (κ2) is 12.1. The fraction of sp³-hybridized carbons (Fsp3) is 0.478. The van der Waals surface area contributed by atoms with Gasteiger partial charge in [-0.2, -0.15) is 0 Å². The van der Waals surface area contributed by atoms with Crippen LogP contribution in [0.2, 0.25) is 0 Å². The van der Waals surface area contributed by atoms with Gasteiger partial charge in [-0.15, -0.1) is 24.0 Å². The van der Waals surface area contributed by atoms with Gasteiger partial charge in [-0.1, -0.05) is 0 Å². The summed E-state index contributed by atoms with van der Waals surface area (Å²) >= 11 is 0. The van der Waals surface area contributed by atoms with Crippen LogP contribution in [0.4, 0.5) is 11.5 Å². The maximum Gasteiger partial charge on any atom is 0.196 e. The third-order valence-electron chi connectivity index (χ3n) is 5.41. The van der Waals surface area contributed by atoms with Gasteiger partial charge in [0.25, 0.3) is 0 Å². The molecule has 0 amide bonds. The standard InChI is InChI=1S/C23H32N6O2.HI/c1-3-24-23(27-19-5-6-20-21(16-19)31-14-4-13-30-20)26-17-18-7-8-25-22(15-18)29-11-9-28(2)10-12-29;/h5-8,15-16H,3-4,9-14,17H2,1-2H3,(H2,24,26,27);1H. The number of nitrogens with one attached hydrogen (secondary N) is 2. The first-order valence-electron chi connectivity index (χ1n) is 11.0. The van der Waals surface area contributed by atoms with Crippen LogP contribution in [0.1, 0.15) is 18.9 Å². The minimum atomic E-state index is 0. The van der Waals surface area contributed by atoms with E-state index >= 15 is 0 Å². The first kappa shape index (κ1) is 24.4. The Balaban J connectivity index is 0.00000289. The molecule has 4 rings (SSSR count). The fourth-order valence-electron chi connectivity index (χ4n) is 3.62. The zero-order chi connectivity index (χ0) is 21.5. The third kappa shape index (κ3) is 6.61. The number of benzene rings is 1. The lowest BCUT2D eigenvalue weighted by Crippen LogP contribution is -2.44. The number of fused-ring (bicyclic) bond motifs is 1. The Morgan fingerprint density at radius 3 is 2.62 bits per heavy atom. The predicted octanol–water partition coefficient (Wildman–Crippen LogP) is 3.19. The van der Waals surface area contributed by atoms with E-state index in [1.54, 1.807) is 0 Å². The first-order chi connectivity index (χ1) is 15.2. The molecule has 8 nitrogen and oxygen atoms in total. The molecule has 1 aromatic carbocycles. The molecule has 32 heavy (non-hydrogen) atoms. The highest BCUT2D eigenvalue weighted by Crippen LogP contribution is 2.32. The normalized spacial score (nSPS) is 16.7. The smallest absolute Gasteiger partial charge is 0.196 e. The maximum atomic E-state index is 5.80. The Bertz CT molecular complexity index is 902. The molecule has 2 N–H and O–H groups in total. The number of nitrogens with zero attached hydrogens (tertiary/aromatic N) is 4. The minimum absolute atomic E-state index is 0. The molecule has 0 bridgehead atoms. The van der Waals surface area contributed by atoms with Crippen LogP contribution in [0, 0.1) is 0 Å². The SMILES string of the molecule is CCNC(=NCc1ccnc(N2CCN(C)CC2)c1)Nc1ccc2c(c1)OCCCO2.I. The largest absolute Gasteiger partial charge is 0.490 e. The molecule has 0 unspecified atom stereocenters. The van der Waals surface area contributed by atoms with Crippen molar-refractivity contribution < 1.29 is 9.47 Å². The van der Waals surface area contributed by atoms with Crippen molar-refractivity contribution in [3.8, 4) is 11.5 Å². The maximum absolute atomic E-state index is 5.80. The molecule has 1 fully saturated rings. The first-order valence-corrected chi connectivity index (χ1v) is 11.0. The Hall–Kier alpha value is -2.27. The van der Waals surface area contributed by atoms with Crippen LogP contribution in [0.5, 0.6) is 11.5 Å². The van der Waals surface area contributed by atoms with Gasteiger partial charge in [-0.05, 0) is 43.8 Å². The van der Waals surface area contributed by atoms with Crippen molar-refractivity contribution in [3.05, 3.63) is 42.1 Å². The van der Waals surface area contributed by atoms with E-state index in [1.165, 1.54) is 0 Å². The molecule has 2 aliphatic heterocycles.